The van der Waals surface area contributed by atoms with Gasteiger partial charge in [0.2, 0.25) is 17.5 Å². The molecule has 2 aromatic heterocycles. The number of benzene rings is 1. The quantitative estimate of drug-likeness (QED) is 0.691. The van der Waals surface area contributed by atoms with Crippen LogP contribution in [-0.2, 0) is 0 Å². The van der Waals surface area contributed by atoms with E-state index in [2.05, 4.69) is 32.1 Å². The molecule has 0 saturated carbocycles. The Hall–Kier alpha value is -3.13. The lowest BCUT2D eigenvalue weighted by Crippen LogP contribution is -2.59. The average Bonchev–Trinajstić information content (AvgIpc) is 3.32. The van der Waals surface area contributed by atoms with Gasteiger partial charge in [0.1, 0.15) is 0 Å². The number of hydrogen-bond acceptors (Lipinski definition) is 7. The van der Waals surface area contributed by atoms with Gasteiger partial charge in [-0.1, -0.05) is 35.5 Å². The maximum Gasteiger partial charge on any atom is 0.291 e. The first-order chi connectivity index (χ1) is 13.6. The summed E-state index contributed by atoms with van der Waals surface area (Å²) in [5, 5.41) is 4.15. The third kappa shape index (κ3) is 2.86. The Bertz CT molecular complexity index is 984. The van der Waals surface area contributed by atoms with Gasteiger partial charge in [-0.15, -0.1) is 0 Å². The molecule has 142 valence electrons. The minimum absolute atomic E-state index is 0.0608. The zero-order valence-corrected chi connectivity index (χ0v) is 15.5. The van der Waals surface area contributed by atoms with Crippen LogP contribution >= 0.6 is 0 Å². The van der Waals surface area contributed by atoms with Gasteiger partial charge in [-0.25, -0.2) is 9.97 Å². The molecule has 2 aliphatic rings. The number of hydrogen-bond donors (Lipinski definition) is 0. The van der Waals surface area contributed by atoms with Crippen molar-refractivity contribution in [3.05, 3.63) is 60.5 Å². The molecular formula is C20H20N6O2. The second-order valence-electron chi connectivity index (χ2n) is 7.69. The average molecular weight is 376 g/mol. The topological polar surface area (TPSA) is 88.3 Å². The van der Waals surface area contributed by atoms with Gasteiger partial charge in [0.25, 0.3) is 5.91 Å². The van der Waals surface area contributed by atoms with Gasteiger partial charge in [0.05, 0.1) is 6.04 Å². The van der Waals surface area contributed by atoms with Crippen LogP contribution in [0.4, 0.5) is 0 Å². The third-order valence-electron chi connectivity index (χ3n) is 5.60. The summed E-state index contributed by atoms with van der Waals surface area (Å²) in [6.45, 7) is 2.29. The SMILES string of the molecule is CN1CC2(CC1c1nc(-c3ccccc3)no1)CN(C(=O)c1ncccn1)C2. The van der Waals surface area contributed by atoms with E-state index >= 15 is 0 Å². The molecule has 2 saturated heterocycles. The van der Waals surface area contributed by atoms with E-state index < -0.39 is 0 Å². The first-order valence-electron chi connectivity index (χ1n) is 9.29. The lowest BCUT2D eigenvalue weighted by molar-refractivity contribution is 0.0105. The van der Waals surface area contributed by atoms with E-state index in [1.165, 1.54) is 0 Å². The van der Waals surface area contributed by atoms with Crippen LogP contribution in [0.2, 0.25) is 0 Å². The number of nitrogens with zero attached hydrogens (tertiary/aromatic N) is 6. The highest BCUT2D eigenvalue weighted by atomic mass is 16.5. The van der Waals surface area contributed by atoms with E-state index in [0.717, 1.165) is 18.5 Å². The molecule has 5 rings (SSSR count). The van der Waals surface area contributed by atoms with Crippen molar-refractivity contribution in [1.82, 2.24) is 29.9 Å². The number of carbonyl (C=O) groups excluding carboxylic acids is 1. The Morgan fingerprint density at radius 1 is 1.11 bits per heavy atom. The van der Waals surface area contributed by atoms with Gasteiger partial charge in [-0.3, -0.25) is 9.69 Å². The summed E-state index contributed by atoms with van der Waals surface area (Å²) >= 11 is 0. The number of rotatable bonds is 3. The summed E-state index contributed by atoms with van der Waals surface area (Å²) in [6.07, 6.45) is 4.07. The lowest BCUT2D eigenvalue weighted by Gasteiger charge is -2.47. The van der Waals surface area contributed by atoms with Crippen LogP contribution in [0.25, 0.3) is 11.4 Å². The van der Waals surface area contributed by atoms with Gasteiger partial charge in [0.15, 0.2) is 0 Å². The van der Waals surface area contributed by atoms with E-state index in [4.69, 9.17) is 4.52 Å². The number of amides is 1. The molecule has 1 aromatic carbocycles. The van der Waals surface area contributed by atoms with E-state index in [9.17, 15) is 4.79 Å². The molecule has 0 bridgehead atoms. The molecule has 1 atom stereocenters. The van der Waals surface area contributed by atoms with Crippen molar-refractivity contribution in [3.63, 3.8) is 0 Å². The highest BCUT2D eigenvalue weighted by Crippen LogP contribution is 2.47. The summed E-state index contributed by atoms with van der Waals surface area (Å²) in [6, 6.07) is 11.6. The highest BCUT2D eigenvalue weighted by Gasteiger charge is 2.53. The van der Waals surface area contributed by atoms with Crippen molar-refractivity contribution in [2.75, 3.05) is 26.7 Å². The minimum Gasteiger partial charge on any atom is -0.337 e. The van der Waals surface area contributed by atoms with Gasteiger partial charge in [0, 0.05) is 43.0 Å². The van der Waals surface area contributed by atoms with Crippen LogP contribution in [0, 0.1) is 5.41 Å². The second-order valence-corrected chi connectivity index (χ2v) is 7.69. The van der Waals surface area contributed by atoms with Gasteiger partial charge < -0.3 is 9.42 Å². The molecule has 1 amide bonds. The van der Waals surface area contributed by atoms with Crippen molar-refractivity contribution in [2.24, 2.45) is 5.41 Å². The van der Waals surface area contributed by atoms with E-state index in [-0.39, 0.29) is 23.2 Å². The van der Waals surface area contributed by atoms with Gasteiger partial charge >= 0.3 is 0 Å². The van der Waals surface area contributed by atoms with Crippen LogP contribution in [0.3, 0.4) is 0 Å². The second kappa shape index (κ2) is 6.49. The zero-order valence-electron chi connectivity index (χ0n) is 15.5. The standard InChI is InChI=1S/C20H20N6O2/c1-25-11-20(12-26(13-20)19(27)17-21-8-5-9-22-17)10-15(25)18-23-16(24-28-18)14-6-3-2-4-7-14/h2-9,15H,10-13H2,1H3. The van der Waals surface area contributed by atoms with Crippen LogP contribution in [0.15, 0.2) is 53.3 Å². The number of carbonyl (C=O) groups is 1. The Morgan fingerprint density at radius 3 is 2.61 bits per heavy atom. The highest BCUT2D eigenvalue weighted by molar-refractivity contribution is 5.91. The molecule has 2 aliphatic heterocycles. The van der Waals surface area contributed by atoms with Gasteiger partial charge in [-0.05, 0) is 19.5 Å². The summed E-state index contributed by atoms with van der Waals surface area (Å²) in [5.41, 5.74) is 1.00. The molecule has 28 heavy (non-hydrogen) atoms. The summed E-state index contributed by atoms with van der Waals surface area (Å²) in [4.78, 5) is 29.3. The van der Waals surface area contributed by atoms with Crippen LogP contribution in [0.5, 0.6) is 0 Å². The van der Waals surface area contributed by atoms with Crippen molar-refractivity contribution < 1.29 is 9.32 Å². The van der Waals surface area contributed by atoms with Crippen LogP contribution < -0.4 is 0 Å². The van der Waals surface area contributed by atoms with Crippen molar-refractivity contribution in [2.45, 2.75) is 12.5 Å². The monoisotopic (exact) mass is 376 g/mol. The van der Waals surface area contributed by atoms with Crippen molar-refractivity contribution >= 4 is 5.91 Å². The molecule has 2 fully saturated rings. The Labute approximate surface area is 162 Å². The molecule has 8 heteroatoms. The van der Waals surface area contributed by atoms with E-state index in [0.29, 0.717) is 24.8 Å². The fraction of sp³-hybridized carbons (Fsp3) is 0.350. The fourth-order valence-corrected chi connectivity index (χ4v) is 4.31. The number of likely N-dealkylation sites (tertiary alicyclic amines) is 2. The van der Waals surface area contributed by atoms with Crippen molar-refractivity contribution in [1.29, 1.82) is 0 Å². The fourth-order valence-electron chi connectivity index (χ4n) is 4.31. The summed E-state index contributed by atoms with van der Waals surface area (Å²) < 4.78 is 5.58. The maximum atomic E-state index is 12.5. The predicted octanol–water partition coefficient (Wildman–Crippen LogP) is 2.05. The zero-order chi connectivity index (χ0) is 19.1. The largest absolute Gasteiger partial charge is 0.337 e. The smallest absolute Gasteiger partial charge is 0.291 e. The van der Waals surface area contributed by atoms with E-state index in [1.807, 2.05) is 35.2 Å². The Kier molecular flexibility index (Phi) is 3.94. The third-order valence-corrected chi connectivity index (χ3v) is 5.60. The van der Waals surface area contributed by atoms with Gasteiger partial charge in [-0.2, -0.15) is 4.98 Å². The first kappa shape index (κ1) is 17.0. The predicted molar refractivity (Wildman–Crippen MR) is 100 cm³/mol. The normalized spacial score (nSPS) is 21.0. The maximum absolute atomic E-state index is 12.5. The van der Waals surface area contributed by atoms with Crippen LogP contribution in [-0.4, -0.2) is 62.5 Å². The summed E-state index contributed by atoms with van der Waals surface area (Å²) in [7, 11) is 2.07. The molecule has 4 heterocycles. The van der Waals surface area contributed by atoms with E-state index in [1.54, 1.807) is 18.5 Å². The molecule has 3 aromatic rings. The van der Waals surface area contributed by atoms with Crippen LogP contribution in [0.1, 0.15) is 29.0 Å². The molecular weight excluding hydrogens is 356 g/mol. The Balaban J connectivity index is 1.28. The molecule has 0 radical (unpaired) electrons. The lowest BCUT2D eigenvalue weighted by atomic mass is 9.77. The number of aromatic nitrogens is 4. The molecule has 0 aliphatic carbocycles. The molecule has 8 nitrogen and oxygen atoms in total. The first-order valence-corrected chi connectivity index (χ1v) is 9.29. The summed E-state index contributed by atoms with van der Waals surface area (Å²) in [5.74, 6) is 1.39. The minimum atomic E-state index is -0.110. The molecule has 1 spiro atoms. The molecule has 1 unspecified atom stereocenters. The Morgan fingerprint density at radius 2 is 1.86 bits per heavy atom. The van der Waals surface area contributed by atoms with Crippen molar-refractivity contribution in [3.8, 4) is 11.4 Å². The molecule has 0 N–H and O–H groups in total.